The van der Waals surface area contributed by atoms with Crippen molar-refractivity contribution in [2.24, 2.45) is 0 Å². The summed E-state index contributed by atoms with van der Waals surface area (Å²) < 4.78 is 20.9. The van der Waals surface area contributed by atoms with Gasteiger partial charge in [-0.05, 0) is 42.5 Å². The minimum atomic E-state index is -0.191. The standard InChI is InChI=1S/C19H20O5/c1-21-14-8-10-18(23-3)16(11-14)17(20)9-6-13-5-7-15(22-2)12-19(13)24-4/h5-12H,1-4H3. The van der Waals surface area contributed by atoms with E-state index in [-0.39, 0.29) is 5.78 Å². The lowest BCUT2D eigenvalue weighted by Crippen LogP contribution is -2.00. The van der Waals surface area contributed by atoms with Crippen LogP contribution in [0.1, 0.15) is 15.9 Å². The maximum Gasteiger partial charge on any atom is 0.189 e. The first kappa shape index (κ1) is 17.4. The number of hydrogen-bond acceptors (Lipinski definition) is 5. The van der Waals surface area contributed by atoms with E-state index in [0.29, 0.717) is 28.6 Å². The molecule has 0 atom stereocenters. The maximum atomic E-state index is 12.5. The molecule has 0 fully saturated rings. The van der Waals surface area contributed by atoms with Crippen LogP contribution in [0.2, 0.25) is 0 Å². The van der Waals surface area contributed by atoms with Crippen LogP contribution >= 0.6 is 0 Å². The lowest BCUT2D eigenvalue weighted by atomic mass is 10.1. The van der Waals surface area contributed by atoms with Crippen LogP contribution in [-0.4, -0.2) is 34.2 Å². The Morgan fingerprint density at radius 3 is 2.04 bits per heavy atom. The van der Waals surface area contributed by atoms with Gasteiger partial charge in [0.15, 0.2) is 5.78 Å². The number of methoxy groups -OCH3 is 4. The average molecular weight is 328 g/mol. The fourth-order valence-corrected chi connectivity index (χ4v) is 2.22. The first-order valence-corrected chi connectivity index (χ1v) is 7.29. The number of ether oxygens (including phenoxy) is 4. The minimum Gasteiger partial charge on any atom is -0.497 e. The molecule has 0 unspecified atom stereocenters. The van der Waals surface area contributed by atoms with Gasteiger partial charge >= 0.3 is 0 Å². The smallest absolute Gasteiger partial charge is 0.189 e. The van der Waals surface area contributed by atoms with Crippen LogP contribution in [0.5, 0.6) is 23.0 Å². The molecule has 0 amide bonds. The van der Waals surface area contributed by atoms with Crippen molar-refractivity contribution in [2.45, 2.75) is 0 Å². The van der Waals surface area contributed by atoms with Crippen LogP contribution in [0.4, 0.5) is 0 Å². The zero-order chi connectivity index (χ0) is 17.5. The summed E-state index contributed by atoms with van der Waals surface area (Å²) in [5, 5.41) is 0. The van der Waals surface area contributed by atoms with Gasteiger partial charge in [0.25, 0.3) is 0 Å². The van der Waals surface area contributed by atoms with E-state index in [0.717, 1.165) is 5.56 Å². The topological polar surface area (TPSA) is 54.0 Å². The molecule has 0 aliphatic heterocycles. The summed E-state index contributed by atoms with van der Waals surface area (Å²) in [6.45, 7) is 0. The van der Waals surface area contributed by atoms with Gasteiger partial charge in [-0.1, -0.05) is 0 Å². The molecule has 2 aromatic carbocycles. The molecule has 0 radical (unpaired) electrons. The summed E-state index contributed by atoms with van der Waals surface area (Å²) >= 11 is 0. The molecular formula is C19H20O5. The zero-order valence-corrected chi connectivity index (χ0v) is 14.2. The highest BCUT2D eigenvalue weighted by molar-refractivity contribution is 6.09. The van der Waals surface area contributed by atoms with E-state index in [4.69, 9.17) is 18.9 Å². The monoisotopic (exact) mass is 328 g/mol. The average Bonchev–Trinajstić information content (AvgIpc) is 2.65. The van der Waals surface area contributed by atoms with Crippen LogP contribution in [0.25, 0.3) is 6.08 Å². The Morgan fingerprint density at radius 1 is 0.792 bits per heavy atom. The third kappa shape index (κ3) is 3.87. The Morgan fingerprint density at radius 2 is 1.42 bits per heavy atom. The predicted molar refractivity (Wildman–Crippen MR) is 92.5 cm³/mol. The number of benzene rings is 2. The van der Waals surface area contributed by atoms with Gasteiger partial charge in [0.1, 0.15) is 23.0 Å². The van der Waals surface area contributed by atoms with E-state index in [1.165, 1.54) is 13.2 Å². The van der Waals surface area contributed by atoms with Gasteiger partial charge in [-0.3, -0.25) is 4.79 Å². The Balaban J connectivity index is 2.31. The summed E-state index contributed by atoms with van der Waals surface area (Å²) in [6, 6.07) is 10.5. The van der Waals surface area contributed by atoms with Gasteiger partial charge in [-0.15, -0.1) is 0 Å². The fraction of sp³-hybridized carbons (Fsp3) is 0.211. The molecule has 0 heterocycles. The molecule has 0 bridgehead atoms. The summed E-state index contributed by atoms with van der Waals surface area (Å²) in [5.74, 6) is 2.20. The summed E-state index contributed by atoms with van der Waals surface area (Å²) in [7, 11) is 6.23. The molecule has 0 aromatic heterocycles. The van der Waals surface area contributed by atoms with E-state index >= 15 is 0 Å². The summed E-state index contributed by atoms with van der Waals surface area (Å²) in [5.41, 5.74) is 1.20. The second-order valence-corrected chi connectivity index (χ2v) is 4.87. The number of allylic oxidation sites excluding steroid dienone is 1. The van der Waals surface area contributed by atoms with Crippen molar-refractivity contribution in [1.82, 2.24) is 0 Å². The third-order valence-electron chi connectivity index (χ3n) is 3.53. The Hall–Kier alpha value is -2.95. The number of hydrogen-bond donors (Lipinski definition) is 0. The van der Waals surface area contributed by atoms with Gasteiger partial charge in [-0.25, -0.2) is 0 Å². The molecule has 2 aromatic rings. The number of carbonyl (C=O) groups is 1. The molecular weight excluding hydrogens is 308 g/mol. The molecule has 5 nitrogen and oxygen atoms in total. The quantitative estimate of drug-likeness (QED) is 0.574. The first-order chi connectivity index (χ1) is 11.6. The molecule has 0 spiro atoms. The normalized spacial score (nSPS) is 10.5. The molecule has 0 N–H and O–H groups in total. The van der Waals surface area contributed by atoms with Crippen LogP contribution < -0.4 is 18.9 Å². The van der Waals surface area contributed by atoms with Crippen molar-refractivity contribution >= 4 is 11.9 Å². The number of rotatable bonds is 7. The Kier molecular flexibility index (Phi) is 5.84. The molecule has 0 aliphatic carbocycles. The van der Waals surface area contributed by atoms with Crippen molar-refractivity contribution in [3.8, 4) is 23.0 Å². The van der Waals surface area contributed by atoms with Crippen molar-refractivity contribution in [2.75, 3.05) is 28.4 Å². The van der Waals surface area contributed by atoms with Crippen LogP contribution in [-0.2, 0) is 0 Å². The lowest BCUT2D eigenvalue weighted by molar-refractivity contribution is 0.104. The van der Waals surface area contributed by atoms with E-state index in [9.17, 15) is 4.79 Å². The predicted octanol–water partition coefficient (Wildman–Crippen LogP) is 3.62. The molecule has 0 saturated carbocycles. The van der Waals surface area contributed by atoms with E-state index in [2.05, 4.69) is 0 Å². The lowest BCUT2D eigenvalue weighted by Gasteiger charge is -2.09. The maximum absolute atomic E-state index is 12.5. The van der Waals surface area contributed by atoms with Gasteiger partial charge in [-0.2, -0.15) is 0 Å². The Labute approximate surface area is 141 Å². The molecule has 0 aliphatic rings. The van der Waals surface area contributed by atoms with Crippen LogP contribution in [0.3, 0.4) is 0 Å². The van der Waals surface area contributed by atoms with E-state index < -0.39 is 0 Å². The Bertz CT molecular complexity index is 749. The molecule has 24 heavy (non-hydrogen) atoms. The molecule has 0 saturated heterocycles. The van der Waals surface area contributed by atoms with Gasteiger partial charge in [0.2, 0.25) is 0 Å². The van der Waals surface area contributed by atoms with E-state index in [1.54, 1.807) is 57.7 Å². The second kappa shape index (κ2) is 8.06. The highest BCUT2D eigenvalue weighted by atomic mass is 16.5. The minimum absolute atomic E-state index is 0.191. The first-order valence-electron chi connectivity index (χ1n) is 7.29. The van der Waals surface area contributed by atoms with Gasteiger partial charge in [0.05, 0.1) is 34.0 Å². The SMILES string of the molecule is COc1ccc(C=CC(=O)c2cc(OC)ccc2OC)c(OC)c1. The zero-order valence-electron chi connectivity index (χ0n) is 14.2. The fourth-order valence-electron chi connectivity index (χ4n) is 2.22. The number of carbonyl (C=O) groups excluding carboxylic acids is 1. The number of ketones is 1. The molecule has 5 heteroatoms. The van der Waals surface area contributed by atoms with Crippen LogP contribution in [0, 0.1) is 0 Å². The highest BCUT2D eigenvalue weighted by Crippen LogP contribution is 2.27. The third-order valence-corrected chi connectivity index (χ3v) is 3.53. The summed E-state index contributed by atoms with van der Waals surface area (Å²) in [6.07, 6.45) is 3.17. The van der Waals surface area contributed by atoms with Gasteiger partial charge in [0, 0.05) is 11.6 Å². The van der Waals surface area contributed by atoms with Crippen molar-refractivity contribution in [3.05, 3.63) is 53.6 Å². The second-order valence-electron chi connectivity index (χ2n) is 4.87. The van der Waals surface area contributed by atoms with Crippen LogP contribution in [0.15, 0.2) is 42.5 Å². The largest absolute Gasteiger partial charge is 0.497 e. The van der Waals surface area contributed by atoms with Crippen molar-refractivity contribution in [3.63, 3.8) is 0 Å². The summed E-state index contributed by atoms with van der Waals surface area (Å²) in [4.78, 5) is 12.5. The van der Waals surface area contributed by atoms with Crippen molar-refractivity contribution in [1.29, 1.82) is 0 Å². The van der Waals surface area contributed by atoms with Crippen molar-refractivity contribution < 1.29 is 23.7 Å². The highest BCUT2D eigenvalue weighted by Gasteiger charge is 2.11. The molecule has 2 rings (SSSR count). The van der Waals surface area contributed by atoms with Gasteiger partial charge < -0.3 is 18.9 Å². The van der Waals surface area contributed by atoms with E-state index in [1.807, 2.05) is 6.07 Å². The molecule has 126 valence electrons.